The Morgan fingerprint density at radius 3 is 2.43 bits per heavy atom. The van der Waals surface area contributed by atoms with E-state index in [9.17, 15) is 4.79 Å². The van der Waals surface area contributed by atoms with Crippen LogP contribution in [0.15, 0.2) is 24.3 Å². The molecule has 14 heavy (non-hydrogen) atoms. The summed E-state index contributed by atoms with van der Waals surface area (Å²) in [5.41, 5.74) is 0.820. The zero-order chi connectivity index (χ0) is 10.6. The van der Waals surface area contributed by atoms with Gasteiger partial charge in [-0.1, -0.05) is 0 Å². The summed E-state index contributed by atoms with van der Waals surface area (Å²) < 4.78 is 5.00. The summed E-state index contributed by atoms with van der Waals surface area (Å²) in [6.07, 6.45) is 0. The third-order valence-electron chi connectivity index (χ3n) is 2.02. The van der Waals surface area contributed by atoms with Gasteiger partial charge in [0.15, 0.2) is 0 Å². The molecule has 0 fully saturated rings. The molecule has 0 aliphatic heterocycles. The van der Waals surface area contributed by atoms with Crippen molar-refractivity contribution >= 4 is 22.5 Å². The van der Waals surface area contributed by atoms with Crippen molar-refractivity contribution in [2.45, 2.75) is 11.2 Å². The van der Waals surface area contributed by atoms with Crippen LogP contribution in [0.3, 0.4) is 0 Å². The number of hydrogen-bond donors (Lipinski definition) is 1. The van der Waals surface area contributed by atoms with Gasteiger partial charge in [0, 0.05) is 0 Å². The van der Waals surface area contributed by atoms with E-state index >= 15 is 0 Å². The predicted molar refractivity (Wildman–Crippen MR) is 53.9 cm³/mol. The van der Waals surface area contributed by atoms with Crippen LogP contribution in [0.2, 0.25) is 5.25 Å². The first-order valence-electron chi connectivity index (χ1n) is 4.20. The van der Waals surface area contributed by atoms with Gasteiger partial charge in [-0.3, -0.25) is 0 Å². The first-order valence-corrected chi connectivity index (χ1v) is 5.68. The van der Waals surface area contributed by atoms with Gasteiger partial charge in [-0.25, -0.2) is 0 Å². The molecule has 1 aromatic rings. The molecule has 4 heteroatoms. The number of aliphatic carboxylic acids is 1. The normalized spacial score (nSPS) is 12.1. The molecule has 0 heterocycles. The molecule has 0 saturated carbocycles. The standard InChI is InChI=1S/C10H11GeO3/c1-14-8-4-2-7(3-5-8)9(6-11)10(12)13/h2-5,9H,6H2,1H3,(H,12,13). The number of carboxylic acid groups (broad SMARTS) is 1. The number of carbonyl (C=O) groups is 1. The number of carboxylic acids is 1. The zero-order valence-corrected chi connectivity index (χ0v) is 9.96. The molecular weight excluding hydrogens is 241 g/mol. The summed E-state index contributed by atoms with van der Waals surface area (Å²) in [5.74, 6) is -0.451. The van der Waals surface area contributed by atoms with Gasteiger partial charge in [-0.05, 0) is 0 Å². The Bertz CT molecular complexity index is 308. The summed E-state index contributed by atoms with van der Waals surface area (Å²) >= 11 is 1.86. The van der Waals surface area contributed by atoms with E-state index in [1.54, 1.807) is 31.4 Å². The molecule has 3 radical (unpaired) electrons. The molecule has 1 N–H and O–H groups in total. The van der Waals surface area contributed by atoms with Gasteiger partial charge in [0.25, 0.3) is 0 Å². The van der Waals surface area contributed by atoms with Gasteiger partial charge in [-0.15, -0.1) is 0 Å². The van der Waals surface area contributed by atoms with Crippen LogP contribution < -0.4 is 4.74 Å². The van der Waals surface area contributed by atoms with Gasteiger partial charge in [0.1, 0.15) is 0 Å². The van der Waals surface area contributed by atoms with E-state index in [1.807, 2.05) is 16.5 Å². The molecule has 73 valence electrons. The van der Waals surface area contributed by atoms with Gasteiger partial charge < -0.3 is 0 Å². The first kappa shape index (κ1) is 11.1. The van der Waals surface area contributed by atoms with Crippen molar-refractivity contribution in [2.24, 2.45) is 0 Å². The molecule has 1 unspecified atom stereocenters. The molecule has 0 saturated heterocycles. The summed E-state index contributed by atoms with van der Waals surface area (Å²) in [4.78, 5) is 10.9. The van der Waals surface area contributed by atoms with E-state index < -0.39 is 11.9 Å². The zero-order valence-electron chi connectivity index (χ0n) is 7.86. The van der Waals surface area contributed by atoms with Crippen molar-refractivity contribution < 1.29 is 14.6 Å². The van der Waals surface area contributed by atoms with Crippen LogP contribution in [-0.2, 0) is 4.79 Å². The Balaban J connectivity index is 2.89. The maximum absolute atomic E-state index is 10.9. The van der Waals surface area contributed by atoms with Crippen molar-refractivity contribution in [1.82, 2.24) is 0 Å². The molecular formula is C10H11GeO3. The van der Waals surface area contributed by atoms with Gasteiger partial charge in [0.05, 0.1) is 0 Å². The van der Waals surface area contributed by atoms with Crippen molar-refractivity contribution in [2.75, 3.05) is 7.11 Å². The van der Waals surface area contributed by atoms with Crippen LogP contribution in [0.4, 0.5) is 0 Å². The van der Waals surface area contributed by atoms with Crippen LogP contribution in [0.5, 0.6) is 5.75 Å². The van der Waals surface area contributed by atoms with Gasteiger partial charge in [-0.2, -0.15) is 0 Å². The average molecular weight is 252 g/mol. The second-order valence-electron chi connectivity index (χ2n) is 2.87. The summed E-state index contributed by atoms with van der Waals surface area (Å²) in [5, 5.41) is 9.52. The van der Waals surface area contributed by atoms with E-state index in [0.29, 0.717) is 5.25 Å². The van der Waals surface area contributed by atoms with Gasteiger partial charge >= 0.3 is 91.0 Å². The van der Waals surface area contributed by atoms with Crippen LogP contribution in [0.1, 0.15) is 11.5 Å². The van der Waals surface area contributed by atoms with Crippen molar-refractivity contribution in [1.29, 1.82) is 0 Å². The van der Waals surface area contributed by atoms with Crippen LogP contribution in [-0.4, -0.2) is 34.7 Å². The van der Waals surface area contributed by atoms with Crippen LogP contribution in [0, 0.1) is 0 Å². The Morgan fingerprint density at radius 2 is 2.07 bits per heavy atom. The molecule has 1 rings (SSSR count). The minimum absolute atomic E-state index is 0.416. The molecule has 1 atom stereocenters. The molecule has 0 aliphatic rings. The maximum atomic E-state index is 10.9. The number of rotatable bonds is 4. The Hall–Kier alpha value is -0.967. The fraction of sp³-hybridized carbons (Fsp3) is 0.300. The summed E-state index contributed by atoms with van der Waals surface area (Å²) in [7, 11) is 1.59. The number of benzene rings is 1. The molecule has 1 aromatic carbocycles. The van der Waals surface area contributed by atoms with E-state index in [-0.39, 0.29) is 0 Å². The summed E-state index contributed by atoms with van der Waals surface area (Å²) in [6, 6.07) is 7.14. The average Bonchev–Trinajstić information content (AvgIpc) is 2.19. The fourth-order valence-corrected chi connectivity index (χ4v) is 2.04. The van der Waals surface area contributed by atoms with Crippen LogP contribution in [0.25, 0.3) is 0 Å². The Labute approximate surface area is 91.3 Å². The van der Waals surface area contributed by atoms with Crippen LogP contribution >= 0.6 is 0 Å². The molecule has 0 amide bonds. The second-order valence-corrected chi connectivity index (χ2v) is 3.72. The van der Waals surface area contributed by atoms with Crippen molar-refractivity contribution in [3.63, 3.8) is 0 Å². The van der Waals surface area contributed by atoms with E-state index in [0.717, 1.165) is 11.3 Å². The molecule has 0 spiro atoms. The van der Waals surface area contributed by atoms with E-state index in [1.165, 1.54) is 0 Å². The van der Waals surface area contributed by atoms with Crippen molar-refractivity contribution in [3.05, 3.63) is 29.8 Å². The quantitative estimate of drug-likeness (QED) is 0.824. The monoisotopic (exact) mass is 253 g/mol. The third-order valence-corrected chi connectivity index (χ3v) is 2.88. The van der Waals surface area contributed by atoms with Crippen molar-refractivity contribution in [3.8, 4) is 5.75 Å². The molecule has 3 nitrogen and oxygen atoms in total. The predicted octanol–water partition coefficient (Wildman–Crippen LogP) is 1.45. The topological polar surface area (TPSA) is 46.5 Å². The number of ether oxygens (including phenoxy) is 1. The summed E-state index contributed by atoms with van der Waals surface area (Å²) in [6.45, 7) is 0. The second kappa shape index (κ2) is 5.05. The first-order chi connectivity index (χ1) is 6.69. The minimum atomic E-state index is -0.780. The Morgan fingerprint density at radius 1 is 1.50 bits per heavy atom. The number of methoxy groups -OCH3 is 1. The number of hydrogen-bond acceptors (Lipinski definition) is 2. The van der Waals surface area contributed by atoms with Gasteiger partial charge in [0.2, 0.25) is 0 Å². The third kappa shape index (κ3) is 2.51. The SMILES string of the molecule is COc1ccc(C([CH2][Ge])C(=O)O)cc1. The molecule has 0 aliphatic carbocycles. The fourth-order valence-electron chi connectivity index (χ4n) is 1.18. The Kier molecular flexibility index (Phi) is 4.01. The molecule has 0 aromatic heterocycles. The van der Waals surface area contributed by atoms with E-state index in [2.05, 4.69) is 0 Å². The van der Waals surface area contributed by atoms with E-state index in [4.69, 9.17) is 9.84 Å². The molecule has 0 bridgehead atoms.